The molecule has 1 aromatic heterocycles. The Balaban J connectivity index is 1.91. The number of unbranched alkanes of at least 4 members (excludes halogenated alkanes) is 1. The number of nitrogens with zero attached hydrogens (tertiary/aromatic N) is 2. The third-order valence-electron chi connectivity index (χ3n) is 6.36. The molecule has 0 bridgehead atoms. The smallest absolute Gasteiger partial charge is 0.256 e. The summed E-state index contributed by atoms with van der Waals surface area (Å²) < 4.78 is 0. The lowest BCUT2D eigenvalue weighted by Gasteiger charge is -2.37. The molecule has 2 unspecified atom stereocenters. The molecule has 1 aromatic rings. The molecule has 33 heavy (non-hydrogen) atoms. The third kappa shape index (κ3) is 6.43. The van der Waals surface area contributed by atoms with Gasteiger partial charge >= 0.3 is 0 Å². The highest BCUT2D eigenvalue weighted by Gasteiger charge is 2.35. The highest BCUT2D eigenvalue weighted by atomic mass is 35.5. The number of halogens is 1. The van der Waals surface area contributed by atoms with Crippen molar-refractivity contribution in [3.05, 3.63) is 56.8 Å². The second-order valence-corrected chi connectivity index (χ2v) is 9.37. The number of amides is 1. The van der Waals surface area contributed by atoms with Gasteiger partial charge in [0.2, 0.25) is 5.91 Å². The Morgan fingerprint density at radius 2 is 2.15 bits per heavy atom. The number of rotatable bonds is 7. The number of fused-ring (bicyclic) bond motifs is 1. The predicted molar refractivity (Wildman–Crippen MR) is 132 cm³/mol. The Bertz CT molecular complexity index is 998. The van der Waals surface area contributed by atoms with Gasteiger partial charge in [0.15, 0.2) is 0 Å². The molecule has 0 saturated carbocycles. The minimum Gasteiger partial charge on any atom is -0.379 e. The van der Waals surface area contributed by atoms with Crippen LogP contribution in [0.2, 0.25) is 0 Å². The van der Waals surface area contributed by atoms with E-state index in [4.69, 9.17) is 16.6 Å². The molecule has 1 amide bonds. The van der Waals surface area contributed by atoms with Crippen molar-refractivity contribution in [3.63, 3.8) is 0 Å². The number of carbonyl (C=O) groups excluding carboxylic acids is 1. The highest BCUT2D eigenvalue weighted by molar-refractivity contribution is 6.31. The average Bonchev–Trinajstić information content (AvgIpc) is 2.80. The fraction of sp³-hybridized carbons (Fsp3) is 0.560. The number of aromatic amines is 1. The molecule has 3 atom stereocenters. The monoisotopic (exact) mass is 474 g/mol. The summed E-state index contributed by atoms with van der Waals surface area (Å²) in [5.41, 5.74) is 1.99. The first kappa shape index (κ1) is 25.4. The van der Waals surface area contributed by atoms with E-state index in [1.807, 2.05) is 26.0 Å². The topological polar surface area (TPSA) is 98.3 Å². The quantitative estimate of drug-likeness (QED) is 0.522. The largest absolute Gasteiger partial charge is 0.379 e. The van der Waals surface area contributed by atoms with Gasteiger partial charge < -0.3 is 15.0 Å². The summed E-state index contributed by atoms with van der Waals surface area (Å²) in [4.78, 5) is 35.9. The molecule has 0 aliphatic carbocycles. The molecule has 8 heteroatoms. The second-order valence-electron chi connectivity index (χ2n) is 8.93. The molecule has 2 aliphatic rings. The first-order valence-corrected chi connectivity index (χ1v) is 12.2. The first-order chi connectivity index (χ1) is 15.8. The zero-order valence-electron chi connectivity index (χ0n) is 19.7. The van der Waals surface area contributed by atoms with Gasteiger partial charge in [-0.25, -0.2) is 4.98 Å². The number of piperidine rings is 1. The number of carbonyl (C=O) groups is 1. The minimum atomic E-state index is -0.654. The SMILES string of the molecule is C\C=C/C(Cl)=C\C=C(/C)c1nc2c(c(=O)[nH]1)CN(C(=O)C1CCN[C@@H](O)C1)CC2CCCC. The molecule has 0 radical (unpaired) electrons. The number of aliphatic hydroxyl groups is 1. The summed E-state index contributed by atoms with van der Waals surface area (Å²) in [6, 6.07) is 0. The maximum absolute atomic E-state index is 13.2. The molecule has 3 rings (SSSR count). The summed E-state index contributed by atoms with van der Waals surface area (Å²) in [5, 5.41) is 13.5. The average molecular weight is 475 g/mol. The molecule has 1 fully saturated rings. The van der Waals surface area contributed by atoms with E-state index in [-0.39, 0.29) is 29.8 Å². The number of aromatic nitrogens is 2. The van der Waals surface area contributed by atoms with Crippen LogP contribution >= 0.6 is 11.6 Å². The molecule has 180 valence electrons. The van der Waals surface area contributed by atoms with Gasteiger partial charge in [0, 0.05) is 23.4 Å². The molecular weight excluding hydrogens is 440 g/mol. The lowest BCUT2D eigenvalue weighted by molar-refractivity contribution is -0.139. The van der Waals surface area contributed by atoms with E-state index in [1.54, 1.807) is 17.1 Å². The lowest BCUT2D eigenvalue weighted by Crippen LogP contribution is -2.48. The molecule has 1 saturated heterocycles. The van der Waals surface area contributed by atoms with Crippen molar-refractivity contribution in [2.24, 2.45) is 5.92 Å². The van der Waals surface area contributed by atoms with Crippen molar-refractivity contribution in [3.8, 4) is 0 Å². The molecule has 2 aliphatic heterocycles. The number of allylic oxidation sites excluding steroid dienone is 6. The van der Waals surface area contributed by atoms with Gasteiger partial charge in [-0.05, 0) is 57.4 Å². The van der Waals surface area contributed by atoms with E-state index >= 15 is 0 Å². The zero-order valence-corrected chi connectivity index (χ0v) is 20.5. The fourth-order valence-corrected chi connectivity index (χ4v) is 4.71. The summed E-state index contributed by atoms with van der Waals surface area (Å²) in [6.45, 7) is 7.35. The lowest BCUT2D eigenvalue weighted by atomic mass is 9.88. The van der Waals surface area contributed by atoms with Crippen molar-refractivity contribution in [1.29, 1.82) is 0 Å². The van der Waals surface area contributed by atoms with Crippen molar-refractivity contribution in [2.75, 3.05) is 13.1 Å². The van der Waals surface area contributed by atoms with Crippen LogP contribution in [0.25, 0.3) is 5.57 Å². The zero-order chi connectivity index (χ0) is 24.0. The van der Waals surface area contributed by atoms with Crippen LogP contribution in [-0.2, 0) is 11.3 Å². The van der Waals surface area contributed by atoms with E-state index in [0.29, 0.717) is 42.4 Å². The molecular formula is C25H35ClN4O3. The van der Waals surface area contributed by atoms with Gasteiger partial charge in [0.1, 0.15) is 12.1 Å². The van der Waals surface area contributed by atoms with Crippen LogP contribution in [0.4, 0.5) is 0 Å². The third-order valence-corrected chi connectivity index (χ3v) is 6.62. The van der Waals surface area contributed by atoms with E-state index in [9.17, 15) is 14.7 Å². The maximum atomic E-state index is 13.2. The van der Waals surface area contributed by atoms with Crippen LogP contribution < -0.4 is 10.9 Å². The number of aliphatic hydroxyl groups excluding tert-OH is 1. The Morgan fingerprint density at radius 3 is 2.85 bits per heavy atom. The normalized spacial score (nSPS) is 24.3. The van der Waals surface area contributed by atoms with E-state index in [1.165, 1.54) is 0 Å². The van der Waals surface area contributed by atoms with Crippen molar-refractivity contribution in [1.82, 2.24) is 20.2 Å². The van der Waals surface area contributed by atoms with Gasteiger partial charge in [-0.2, -0.15) is 0 Å². The van der Waals surface area contributed by atoms with Gasteiger partial charge in [0.25, 0.3) is 5.56 Å². The van der Waals surface area contributed by atoms with Crippen LogP contribution in [0.1, 0.15) is 75.9 Å². The Kier molecular flexibility index (Phi) is 9.06. The predicted octanol–water partition coefficient (Wildman–Crippen LogP) is 3.81. The number of nitrogens with one attached hydrogen (secondary N) is 2. The van der Waals surface area contributed by atoms with Crippen LogP contribution in [0.5, 0.6) is 0 Å². The molecule has 3 N–H and O–H groups in total. The van der Waals surface area contributed by atoms with Crippen LogP contribution in [0.3, 0.4) is 0 Å². The van der Waals surface area contributed by atoms with Gasteiger partial charge in [0.05, 0.1) is 17.8 Å². The van der Waals surface area contributed by atoms with E-state index in [0.717, 1.165) is 30.5 Å². The number of H-pyrrole nitrogens is 1. The van der Waals surface area contributed by atoms with Gasteiger partial charge in [-0.15, -0.1) is 0 Å². The molecule has 0 aromatic carbocycles. The number of hydrogen-bond acceptors (Lipinski definition) is 5. The highest BCUT2D eigenvalue weighted by Crippen LogP contribution is 2.31. The summed E-state index contributed by atoms with van der Waals surface area (Å²) in [5.74, 6) is 0.342. The van der Waals surface area contributed by atoms with Crippen LogP contribution in [-0.4, -0.2) is 45.2 Å². The minimum absolute atomic E-state index is 0.0142. The second kappa shape index (κ2) is 11.8. The first-order valence-electron chi connectivity index (χ1n) is 11.8. The number of hydrogen-bond donors (Lipinski definition) is 3. The standard InChI is InChI=1S/C25H35ClN4O3/c1-4-6-8-18-14-30(25(33)17-11-12-27-21(31)13-17)15-20-22(18)28-23(29-24(20)32)16(3)9-10-19(26)7-5-2/h5,7,9-10,17-18,21,27,31H,4,6,8,11-15H2,1-3H3,(H,28,29,32)/b7-5-,16-9+,19-10+/t17?,18?,21-/m0/s1. The van der Waals surface area contributed by atoms with Crippen LogP contribution in [0.15, 0.2) is 34.1 Å². The van der Waals surface area contributed by atoms with Crippen molar-refractivity contribution in [2.45, 2.75) is 71.6 Å². The Hall–Kier alpha value is -2.22. The van der Waals surface area contributed by atoms with E-state index < -0.39 is 6.23 Å². The van der Waals surface area contributed by atoms with Crippen molar-refractivity contribution >= 4 is 23.1 Å². The maximum Gasteiger partial charge on any atom is 0.256 e. The van der Waals surface area contributed by atoms with Crippen molar-refractivity contribution < 1.29 is 9.90 Å². The summed E-state index contributed by atoms with van der Waals surface area (Å²) in [6.07, 6.45) is 10.6. The van der Waals surface area contributed by atoms with Gasteiger partial charge in [-0.3, -0.25) is 14.9 Å². The molecule has 7 nitrogen and oxygen atoms in total. The Morgan fingerprint density at radius 1 is 1.36 bits per heavy atom. The summed E-state index contributed by atoms with van der Waals surface area (Å²) >= 11 is 6.14. The Labute approximate surface area is 200 Å². The molecule has 3 heterocycles. The van der Waals surface area contributed by atoms with E-state index in [2.05, 4.69) is 17.2 Å². The van der Waals surface area contributed by atoms with Crippen LogP contribution in [0, 0.1) is 5.92 Å². The summed E-state index contributed by atoms with van der Waals surface area (Å²) in [7, 11) is 0. The van der Waals surface area contributed by atoms with Gasteiger partial charge in [-0.1, -0.05) is 43.5 Å². The molecule has 0 spiro atoms. The fourth-order valence-electron chi connectivity index (χ4n) is 4.52.